The van der Waals surface area contributed by atoms with Gasteiger partial charge in [-0.05, 0) is 39.8 Å². The molecule has 0 fully saturated rings. The van der Waals surface area contributed by atoms with Crippen molar-refractivity contribution in [3.05, 3.63) is 17.8 Å². The molecule has 0 aliphatic rings. The van der Waals surface area contributed by atoms with E-state index in [1.807, 2.05) is 0 Å². The topological polar surface area (TPSA) is 97.3 Å². The van der Waals surface area contributed by atoms with E-state index in [-0.39, 0.29) is 5.69 Å². The molecule has 1 aromatic heterocycles. The predicted octanol–water partition coefficient (Wildman–Crippen LogP) is 1.29. The number of carbonyl (C=O) groups is 1. The summed E-state index contributed by atoms with van der Waals surface area (Å²) < 4.78 is 0. The zero-order valence-corrected chi connectivity index (χ0v) is 12.7. The fourth-order valence-electron chi connectivity index (χ4n) is 2.16. The fourth-order valence-corrected chi connectivity index (χ4v) is 2.16. The summed E-state index contributed by atoms with van der Waals surface area (Å²) in [6.45, 7) is 10.2. The van der Waals surface area contributed by atoms with Crippen LogP contribution in [0.3, 0.4) is 0 Å². The highest BCUT2D eigenvalue weighted by atomic mass is 16.1. The number of aromatic nitrogens is 1. The maximum absolute atomic E-state index is 11.1. The van der Waals surface area contributed by atoms with Crippen molar-refractivity contribution in [1.29, 1.82) is 0 Å². The van der Waals surface area contributed by atoms with Gasteiger partial charge in [0.25, 0.3) is 5.91 Å². The molecule has 1 rings (SSSR count). The average molecular weight is 279 g/mol. The van der Waals surface area contributed by atoms with Crippen LogP contribution in [-0.4, -0.2) is 41.0 Å². The first kappa shape index (κ1) is 16.2. The normalized spacial score (nSPS) is 11.3. The van der Waals surface area contributed by atoms with Gasteiger partial charge in [-0.3, -0.25) is 9.69 Å². The Kier molecular flexibility index (Phi) is 5.76. The molecule has 0 radical (unpaired) electrons. The van der Waals surface area contributed by atoms with Crippen LogP contribution < -0.4 is 16.8 Å². The number of nitrogens with two attached hydrogens (primary N) is 2. The van der Waals surface area contributed by atoms with Crippen molar-refractivity contribution in [2.45, 2.75) is 39.8 Å². The molecule has 6 heteroatoms. The van der Waals surface area contributed by atoms with Crippen LogP contribution in [0.15, 0.2) is 12.1 Å². The predicted molar refractivity (Wildman–Crippen MR) is 82.6 cm³/mol. The molecule has 0 aliphatic carbocycles. The van der Waals surface area contributed by atoms with E-state index < -0.39 is 5.91 Å². The number of anilines is 2. The van der Waals surface area contributed by atoms with Gasteiger partial charge in [0, 0.05) is 25.2 Å². The Labute approximate surface area is 120 Å². The Hall–Kier alpha value is -1.82. The summed E-state index contributed by atoms with van der Waals surface area (Å²) in [4.78, 5) is 17.6. The quantitative estimate of drug-likeness (QED) is 0.699. The van der Waals surface area contributed by atoms with Gasteiger partial charge in [-0.1, -0.05) is 0 Å². The summed E-state index contributed by atoms with van der Waals surface area (Å²) >= 11 is 0. The van der Waals surface area contributed by atoms with Crippen LogP contribution in [0.2, 0.25) is 0 Å². The lowest BCUT2D eigenvalue weighted by molar-refractivity contribution is 0.0996. The molecule has 0 aliphatic heterocycles. The number of primary amides is 1. The van der Waals surface area contributed by atoms with Crippen LogP contribution in [0, 0.1) is 0 Å². The van der Waals surface area contributed by atoms with Gasteiger partial charge in [-0.2, -0.15) is 0 Å². The largest absolute Gasteiger partial charge is 0.396 e. The lowest BCUT2D eigenvalue weighted by Crippen LogP contribution is -2.40. The summed E-state index contributed by atoms with van der Waals surface area (Å²) in [6, 6.07) is 4.10. The third-order valence-corrected chi connectivity index (χ3v) is 3.17. The van der Waals surface area contributed by atoms with E-state index in [0.29, 0.717) is 30.1 Å². The summed E-state index contributed by atoms with van der Waals surface area (Å²) in [6.07, 6.45) is 0. The molecule has 112 valence electrons. The molecule has 1 heterocycles. The Morgan fingerprint density at radius 2 is 1.90 bits per heavy atom. The van der Waals surface area contributed by atoms with Gasteiger partial charge < -0.3 is 16.8 Å². The van der Waals surface area contributed by atoms with E-state index in [1.54, 1.807) is 6.07 Å². The molecule has 0 unspecified atom stereocenters. The van der Waals surface area contributed by atoms with Crippen LogP contribution in [0.1, 0.15) is 38.2 Å². The van der Waals surface area contributed by atoms with E-state index in [0.717, 1.165) is 6.54 Å². The number of nitrogens with one attached hydrogen (secondary N) is 1. The molecule has 5 N–H and O–H groups in total. The van der Waals surface area contributed by atoms with E-state index in [4.69, 9.17) is 11.5 Å². The van der Waals surface area contributed by atoms with Gasteiger partial charge in [0.05, 0.1) is 5.69 Å². The Morgan fingerprint density at radius 3 is 2.40 bits per heavy atom. The lowest BCUT2D eigenvalue weighted by atomic mass is 10.2. The number of hydrogen-bond acceptors (Lipinski definition) is 5. The Bertz CT molecular complexity index is 451. The van der Waals surface area contributed by atoms with Crippen molar-refractivity contribution in [3.63, 3.8) is 0 Å². The SMILES string of the molecule is CC(C)N(CCNc1nc(C(N)=O)ccc1N)C(C)C. The molecule has 0 aromatic carbocycles. The second-order valence-corrected chi connectivity index (χ2v) is 5.35. The zero-order valence-electron chi connectivity index (χ0n) is 12.7. The highest BCUT2D eigenvalue weighted by Gasteiger charge is 2.13. The van der Waals surface area contributed by atoms with Crippen molar-refractivity contribution in [2.24, 2.45) is 5.73 Å². The van der Waals surface area contributed by atoms with E-state index in [9.17, 15) is 4.79 Å². The average Bonchev–Trinajstić information content (AvgIpc) is 2.35. The molecule has 0 saturated heterocycles. The number of pyridine rings is 1. The number of nitrogen functional groups attached to an aromatic ring is 1. The van der Waals surface area contributed by atoms with Crippen LogP contribution >= 0.6 is 0 Å². The maximum Gasteiger partial charge on any atom is 0.267 e. The first-order valence-electron chi connectivity index (χ1n) is 6.88. The van der Waals surface area contributed by atoms with E-state index >= 15 is 0 Å². The van der Waals surface area contributed by atoms with Crippen LogP contribution in [-0.2, 0) is 0 Å². The van der Waals surface area contributed by atoms with Crippen LogP contribution in [0.4, 0.5) is 11.5 Å². The first-order chi connectivity index (χ1) is 9.32. The van der Waals surface area contributed by atoms with Crippen molar-refractivity contribution in [3.8, 4) is 0 Å². The monoisotopic (exact) mass is 279 g/mol. The molecule has 6 nitrogen and oxygen atoms in total. The highest BCUT2D eigenvalue weighted by Crippen LogP contribution is 2.15. The summed E-state index contributed by atoms with van der Waals surface area (Å²) in [5.41, 5.74) is 11.8. The van der Waals surface area contributed by atoms with E-state index in [2.05, 4.69) is 42.9 Å². The second-order valence-electron chi connectivity index (χ2n) is 5.35. The smallest absolute Gasteiger partial charge is 0.267 e. The standard InChI is InChI=1S/C14H25N5O/c1-9(2)19(10(3)4)8-7-17-14-11(15)5-6-12(18-14)13(16)20/h5-6,9-10H,7-8,15H2,1-4H3,(H2,16,20)(H,17,18). The van der Waals surface area contributed by atoms with Crippen molar-refractivity contribution in [1.82, 2.24) is 9.88 Å². The molecule has 20 heavy (non-hydrogen) atoms. The Balaban J connectivity index is 2.65. The number of nitrogens with zero attached hydrogens (tertiary/aromatic N) is 2. The minimum absolute atomic E-state index is 0.214. The summed E-state index contributed by atoms with van der Waals surface area (Å²) in [5.74, 6) is -0.0483. The first-order valence-corrected chi connectivity index (χ1v) is 6.88. The maximum atomic E-state index is 11.1. The molecule has 0 saturated carbocycles. The second kappa shape index (κ2) is 7.09. The minimum atomic E-state index is -0.556. The van der Waals surface area contributed by atoms with Gasteiger partial charge in [0.2, 0.25) is 0 Å². The number of hydrogen-bond donors (Lipinski definition) is 3. The lowest BCUT2D eigenvalue weighted by Gasteiger charge is -2.30. The number of amides is 1. The van der Waals surface area contributed by atoms with Crippen LogP contribution in [0.5, 0.6) is 0 Å². The van der Waals surface area contributed by atoms with E-state index in [1.165, 1.54) is 6.07 Å². The summed E-state index contributed by atoms with van der Waals surface area (Å²) in [7, 11) is 0. The number of carbonyl (C=O) groups excluding carboxylic acids is 1. The van der Waals surface area contributed by atoms with Gasteiger partial charge in [0.1, 0.15) is 11.5 Å². The minimum Gasteiger partial charge on any atom is -0.396 e. The van der Waals surface area contributed by atoms with Gasteiger partial charge in [0.15, 0.2) is 0 Å². The van der Waals surface area contributed by atoms with Gasteiger partial charge >= 0.3 is 0 Å². The molecule has 0 bridgehead atoms. The third kappa shape index (κ3) is 4.38. The number of rotatable bonds is 7. The van der Waals surface area contributed by atoms with Crippen LogP contribution in [0.25, 0.3) is 0 Å². The molecule has 1 aromatic rings. The Morgan fingerprint density at radius 1 is 1.30 bits per heavy atom. The van der Waals surface area contributed by atoms with Gasteiger partial charge in [-0.15, -0.1) is 0 Å². The molecular formula is C14H25N5O. The fraction of sp³-hybridized carbons (Fsp3) is 0.571. The molecular weight excluding hydrogens is 254 g/mol. The highest BCUT2D eigenvalue weighted by molar-refractivity contribution is 5.91. The summed E-state index contributed by atoms with van der Waals surface area (Å²) in [5, 5.41) is 3.16. The van der Waals surface area contributed by atoms with Crippen molar-refractivity contribution < 1.29 is 4.79 Å². The molecule has 0 spiro atoms. The molecule has 1 amide bonds. The van der Waals surface area contributed by atoms with Gasteiger partial charge in [-0.25, -0.2) is 4.98 Å². The zero-order chi connectivity index (χ0) is 15.3. The molecule has 0 atom stereocenters. The third-order valence-electron chi connectivity index (χ3n) is 3.17. The van der Waals surface area contributed by atoms with Crippen molar-refractivity contribution >= 4 is 17.4 Å². The van der Waals surface area contributed by atoms with Crippen molar-refractivity contribution in [2.75, 3.05) is 24.1 Å².